The second-order valence-electron chi connectivity index (χ2n) is 7.57. The van der Waals surface area contributed by atoms with Gasteiger partial charge < -0.3 is 24.3 Å². The van der Waals surface area contributed by atoms with E-state index in [4.69, 9.17) is 18.9 Å². The van der Waals surface area contributed by atoms with Gasteiger partial charge in [0, 0.05) is 36.3 Å². The third kappa shape index (κ3) is 4.97. The lowest BCUT2D eigenvalue weighted by Gasteiger charge is -2.23. The number of hydrogen-bond acceptors (Lipinski definition) is 6. The largest absolute Gasteiger partial charge is 0.497 e. The Morgan fingerprint density at radius 1 is 1.07 bits per heavy atom. The molecule has 160 valence electrons. The molecule has 0 bridgehead atoms. The number of carbonyl (C=O) groups is 1. The summed E-state index contributed by atoms with van der Waals surface area (Å²) >= 11 is 0. The lowest BCUT2D eigenvalue weighted by molar-refractivity contribution is -0.117. The number of benzene rings is 2. The van der Waals surface area contributed by atoms with Crippen LogP contribution in [0.2, 0.25) is 0 Å². The number of hydrogen-bond donors (Lipinski definition) is 1. The Labute approximate surface area is 176 Å². The first-order valence-corrected chi connectivity index (χ1v) is 10.3. The van der Waals surface area contributed by atoms with E-state index in [0.29, 0.717) is 43.8 Å². The summed E-state index contributed by atoms with van der Waals surface area (Å²) in [5.74, 6) is 2.90. The molecule has 0 atom stereocenters. The molecule has 7 heteroatoms. The van der Waals surface area contributed by atoms with Gasteiger partial charge in [-0.2, -0.15) is 0 Å². The summed E-state index contributed by atoms with van der Waals surface area (Å²) in [6.07, 6.45) is 3.05. The number of methoxy groups -OCH3 is 2. The molecule has 7 nitrogen and oxygen atoms in total. The van der Waals surface area contributed by atoms with Gasteiger partial charge in [0.2, 0.25) is 5.91 Å². The van der Waals surface area contributed by atoms with E-state index in [1.54, 1.807) is 14.2 Å². The van der Waals surface area contributed by atoms with Crippen LogP contribution in [0.5, 0.6) is 23.0 Å². The van der Waals surface area contributed by atoms with Gasteiger partial charge in [0.05, 0.1) is 34.0 Å². The topological polar surface area (TPSA) is 69.3 Å². The molecule has 2 aliphatic rings. The zero-order valence-electron chi connectivity index (χ0n) is 17.5. The van der Waals surface area contributed by atoms with Crippen molar-refractivity contribution in [2.75, 3.05) is 39.3 Å². The van der Waals surface area contributed by atoms with E-state index in [2.05, 4.69) is 10.2 Å². The zero-order chi connectivity index (χ0) is 20.9. The lowest BCUT2D eigenvalue weighted by atomic mass is 10.1. The summed E-state index contributed by atoms with van der Waals surface area (Å²) in [6.45, 7) is 2.18. The molecule has 1 amide bonds. The highest BCUT2D eigenvalue weighted by Gasteiger charge is 2.31. The standard InChI is InChI=1S/C23H28N2O5/c1-27-19-7-9-20(28-2)16(12-19)14-25(18-5-6-18)15-23(26)24-17-4-8-21-22(13-17)30-11-3-10-29-21/h4,7-9,12-13,18H,3,5-6,10-11,14-15H2,1-2H3,(H,24,26). The second kappa shape index (κ2) is 9.26. The van der Waals surface area contributed by atoms with Crippen molar-refractivity contribution >= 4 is 11.6 Å². The third-order valence-corrected chi connectivity index (χ3v) is 5.30. The maximum absolute atomic E-state index is 12.8. The van der Waals surface area contributed by atoms with Crippen molar-refractivity contribution in [3.8, 4) is 23.0 Å². The average Bonchev–Trinajstić information content (AvgIpc) is 3.60. The summed E-state index contributed by atoms with van der Waals surface area (Å²) in [5, 5.41) is 2.99. The van der Waals surface area contributed by atoms with Gasteiger partial charge in [-0.3, -0.25) is 9.69 Å². The van der Waals surface area contributed by atoms with Crippen LogP contribution < -0.4 is 24.3 Å². The maximum Gasteiger partial charge on any atom is 0.238 e. The fourth-order valence-corrected chi connectivity index (χ4v) is 3.60. The van der Waals surface area contributed by atoms with Gasteiger partial charge >= 0.3 is 0 Å². The molecular weight excluding hydrogens is 384 g/mol. The minimum absolute atomic E-state index is 0.0572. The van der Waals surface area contributed by atoms with E-state index < -0.39 is 0 Å². The minimum atomic E-state index is -0.0572. The number of carbonyl (C=O) groups excluding carboxylic acids is 1. The monoisotopic (exact) mass is 412 g/mol. The number of nitrogens with one attached hydrogen (secondary N) is 1. The highest BCUT2D eigenvalue weighted by atomic mass is 16.5. The fourth-order valence-electron chi connectivity index (χ4n) is 3.60. The minimum Gasteiger partial charge on any atom is -0.497 e. The van der Waals surface area contributed by atoms with Crippen LogP contribution in [0.25, 0.3) is 0 Å². The molecule has 4 rings (SSSR count). The third-order valence-electron chi connectivity index (χ3n) is 5.30. The first-order valence-electron chi connectivity index (χ1n) is 10.3. The van der Waals surface area contributed by atoms with Gasteiger partial charge in [-0.05, 0) is 43.2 Å². The summed E-state index contributed by atoms with van der Waals surface area (Å²) < 4.78 is 22.2. The highest BCUT2D eigenvalue weighted by Crippen LogP contribution is 2.33. The molecule has 1 aliphatic heterocycles. The summed E-state index contributed by atoms with van der Waals surface area (Å²) in [4.78, 5) is 15.0. The molecule has 0 aromatic heterocycles. The number of rotatable bonds is 8. The van der Waals surface area contributed by atoms with Crippen molar-refractivity contribution in [1.29, 1.82) is 0 Å². The van der Waals surface area contributed by atoms with Gasteiger partial charge in [0.25, 0.3) is 0 Å². The summed E-state index contributed by atoms with van der Waals surface area (Å²) in [6, 6.07) is 11.7. The molecule has 0 spiro atoms. The van der Waals surface area contributed by atoms with Gasteiger partial charge in [-0.1, -0.05) is 0 Å². The molecule has 1 fully saturated rings. The van der Waals surface area contributed by atoms with Crippen molar-refractivity contribution in [2.45, 2.75) is 31.8 Å². The average molecular weight is 412 g/mol. The number of nitrogens with zero attached hydrogens (tertiary/aromatic N) is 1. The van der Waals surface area contributed by atoms with Gasteiger partial charge in [-0.25, -0.2) is 0 Å². The Hall–Kier alpha value is -2.93. The first-order chi connectivity index (χ1) is 14.7. The molecule has 1 N–H and O–H groups in total. The van der Waals surface area contributed by atoms with Crippen LogP contribution >= 0.6 is 0 Å². The van der Waals surface area contributed by atoms with Crippen LogP contribution in [0.3, 0.4) is 0 Å². The quantitative estimate of drug-likeness (QED) is 0.716. The molecule has 1 saturated carbocycles. The van der Waals surface area contributed by atoms with Crippen molar-refractivity contribution < 1.29 is 23.7 Å². The predicted molar refractivity (Wildman–Crippen MR) is 114 cm³/mol. The van der Waals surface area contributed by atoms with Crippen LogP contribution in [0.1, 0.15) is 24.8 Å². The molecule has 2 aromatic rings. The SMILES string of the molecule is COc1ccc(OC)c(CN(CC(=O)Nc2ccc3c(c2)OCCCO3)C2CC2)c1. The number of ether oxygens (including phenoxy) is 4. The van der Waals surface area contributed by atoms with E-state index in [9.17, 15) is 4.79 Å². The molecule has 30 heavy (non-hydrogen) atoms. The first kappa shape index (κ1) is 20.3. The van der Waals surface area contributed by atoms with E-state index in [0.717, 1.165) is 42.1 Å². The Bertz CT molecular complexity index is 897. The summed E-state index contributed by atoms with van der Waals surface area (Å²) in [5.41, 5.74) is 1.71. The number of anilines is 1. The van der Waals surface area contributed by atoms with Gasteiger partial charge in [0.15, 0.2) is 11.5 Å². The van der Waals surface area contributed by atoms with Crippen LogP contribution in [0.4, 0.5) is 5.69 Å². The van der Waals surface area contributed by atoms with Gasteiger partial charge in [0.1, 0.15) is 11.5 Å². The molecule has 1 aliphatic carbocycles. The molecule has 1 heterocycles. The molecular formula is C23H28N2O5. The maximum atomic E-state index is 12.8. The zero-order valence-corrected chi connectivity index (χ0v) is 17.5. The Morgan fingerprint density at radius 2 is 1.87 bits per heavy atom. The molecule has 0 saturated heterocycles. The van der Waals surface area contributed by atoms with Crippen LogP contribution in [-0.2, 0) is 11.3 Å². The van der Waals surface area contributed by atoms with E-state index in [-0.39, 0.29) is 5.91 Å². The van der Waals surface area contributed by atoms with Crippen LogP contribution in [0, 0.1) is 0 Å². The second-order valence-corrected chi connectivity index (χ2v) is 7.57. The molecule has 0 unspecified atom stereocenters. The fraction of sp³-hybridized carbons (Fsp3) is 0.435. The van der Waals surface area contributed by atoms with E-state index >= 15 is 0 Å². The van der Waals surface area contributed by atoms with E-state index in [1.165, 1.54) is 0 Å². The predicted octanol–water partition coefficient (Wildman–Crippen LogP) is 3.47. The Morgan fingerprint density at radius 3 is 2.60 bits per heavy atom. The Kier molecular flexibility index (Phi) is 6.28. The molecule has 2 aromatic carbocycles. The summed E-state index contributed by atoms with van der Waals surface area (Å²) in [7, 11) is 3.30. The van der Waals surface area contributed by atoms with Crippen molar-refractivity contribution in [3.05, 3.63) is 42.0 Å². The van der Waals surface area contributed by atoms with Crippen LogP contribution in [-0.4, -0.2) is 50.8 Å². The number of fused-ring (bicyclic) bond motifs is 1. The number of amides is 1. The van der Waals surface area contributed by atoms with Crippen LogP contribution in [0.15, 0.2) is 36.4 Å². The Balaban J connectivity index is 1.43. The van der Waals surface area contributed by atoms with Crippen molar-refractivity contribution in [1.82, 2.24) is 4.90 Å². The van der Waals surface area contributed by atoms with Crippen molar-refractivity contribution in [2.24, 2.45) is 0 Å². The van der Waals surface area contributed by atoms with E-state index in [1.807, 2.05) is 36.4 Å². The lowest BCUT2D eigenvalue weighted by Crippen LogP contribution is -2.34. The van der Waals surface area contributed by atoms with Gasteiger partial charge in [-0.15, -0.1) is 0 Å². The normalized spacial score (nSPS) is 15.4. The smallest absolute Gasteiger partial charge is 0.238 e. The molecule has 0 radical (unpaired) electrons. The highest BCUT2D eigenvalue weighted by molar-refractivity contribution is 5.92. The van der Waals surface area contributed by atoms with Crippen molar-refractivity contribution in [3.63, 3.8) is 0 Å².